The van der Waals surface area contributed by atoms with Crippen LogP contribution in [0.3, 0.4) is 0 Å². The highest BCUT2D eigenvalue weighted by Crippen LogP contribution is 2.25. The van der Waals surface area contributed by atoms with Crippen molar-refractivity contribution in [1.29, 1.82) is 0 Å². The molecule has 2 unspecified atom stereocenters. The summed E-state index contributed by atoms with van der Waals surface area (Å²) in [6, 6.07) is 5.48. The lowest BCUT2D eigenvalue weighted by atomic mass is 9.84. The van der Waals surface area contributed by atoms with Gasteiger partial charge >= 0.3 is 0 Å². The van der Waals surface area contributed by atoms with Crippen LogP contribution in [0.15, 0.2) is 22.7 Å². The Kier molecular flexibility index (Phi) is 5.96. The van der Waals surface area contributed by atoms with E-state index >= 15 is 0 Å². The summed E-state index contributed by atoms with van der Waals surface area (Å²) < 4.78 is 14.7. The van der Waals surface area contributed by atoms with Crippen molar-refractivity contribution in [1.82, 2.24) is 10.2 Å². The van der Waals surface area contributed by atoms with Crippen LogP contribution in [0.25, 0.3) is 0 Å². The van der Waals surface area contributed by atoms with Crippen molar-refractivity contribution in [3.05, 3.63) is 34.1 Å². The summed E-state index contributed by atoms with van der Waals surface area (Å²) in [5.74, 6) is -0.146. The Balaban J connectivity index is 2.99. The summed E-state index contributed by atoms with van der Waals surface area (Å²) in [6.07, 6.45) is 1.68. The Morgan fingerprint density at radius 2 is 2.05 bits per heavy atom. The van der Waals surface area contributed by atoms with Crippen LogP contribution in [0.5, 0.6) is 0 Å². The molecule has 0 saturated carbocycles. The number of nitrogens with one attached hydrogen (secondary N) is 1. The van der Waals surface area contributed by atoms with Gasteiger partial charge in [0, 0.05) is 16.1 Å². The monoisotopic (exact) mass is 330 g/mol. The van der Waals surface area contributed by atoms with Crippen LogP contribution in [0.4, 0.5) is 4.39 Å². The molecule has 0 bridgehead atoms. The number of hydrogen-bond acceptors (Lipinski definition) is 2. The van der Waals surface area contributed by atoms with E-state index in [-0.39, 0.29) is 17.4 Å². The van der Waals surface area contributed by atoms with Gasteiger partial charge in [0.1, 0.15) is 5.82 Å². The maximum atomic E-state index is 14.0. The molecule has 0 aliphatic rings. The van der Waals surface area contributed by atoms with Gasteiger partial charge in [-0.25, -0.2) is 4.39 Å². The number of hydrogen-bond donors (Lipinski definition) is 1. The van der Waals surface area contributed by atoms with Crippen molar-refractivity contribution in [3.63, 3.8) is 0 Å². The standard InChI is InChI=1S/C15H24BrFN2/c1-6-15(2,19(4)5)14(18-3)9-11-7-8-12(16)10-13(11)17/h7-8,10,14,18H,6,9H2,1-5H3. The van der Waals surface area contributed by atoms with Crippen LogP contribution in [-0.4, -0.2) is 37.6 Å². The molecule has 1 rings (SSSR count). The molecule has 1 aromatic carbocycles. The fraction of sp³-hybridized carbons (Fsp3) is 0.600. The summed E-state index contributed by atoms with van der Waals surface area (Å²) in [5, 5.41) is 3.35. The zero-order chi connectivity index (χ0) is 14.6. The van der Waals surface area contributed by atoms with Crippen molar-refractivity contribution in [2.45, 2.75) is 38.3 Å². The minimum Gasteiger partial charge on any atom is -0.315 e. The van der Waals surface area contributed by atoms with E-state index in [9.17, 15) is 4.39 Å². The van der Waals surface area contributed by atoms with E-state index in [1.165, 1.54) is 6.07 Å². The molecule has 0 fully saturated rings. The van der Waals surface area contributed by atoms with Crippen LogP contribution in [0.1, 0.15) is 25.8 Å². The Hall–Kier alpha value is -0.450. The maximum Gasteiger partial charge on any atom is 0.127 e. The molecular formula is C15H24BrFN2. The van der Waals surface area contributed by atoms with Gasteiger partial charge in [-0.05, 0) is 58.6 Å². The Labute approximate surface area is 124 Å². The Morgan fingerprint density at radius 1 is 1.42 bits per heavy atom. The molecule has 0 spiro atoms. The predicted molar refractivity (Wildman–Crippen MR) is 83.0 cm³/mol. The molecule has 19 heavy (non-hydrogen) atoms. The number of benzene rings is 1. The third kappa shape index (κ3) is 3.77. The number of rotatable bonds is 6. The Bertz CT molecular complexity index is 423. The lowest BCUT2D eigenvalue weighted by Gasteiger charge is -2.42. The van der Waals surface area contributed by atoms with Crippen molar-refractivity contribution < 1.29 is 4.39 Å². The van der Waals surface area contributed by atoms with Gasteiger partial charge in [-0.3, -0.25) is 0 Å². The molecule has 1 N–H and O–H groups in total. The molecule has 0 aliphatic carbocycles. The first-order chi connectivity index (χ1) is 8.85. The lowest BCUT2D eigenvalue weighted by molar-refractivity contribution is 0.116. The molecule has 0 aliphatic heterocycles. The van der Waals surface area contributed by atoms with E-state index < -0.39 is 0 Å². The first-order valence-corrected chi connectivity index (χ1v) is 7.43. The van der Waals surface area contributed by atoms with E-state index in [4.69, 9.17) is 0 Å². The maximum absolute atomic E-state index is 14.0. The Morgan fingerprint density at radius 3 is 2.47 bits per heavy atom. The quantitative estimate of drug-likeness (QED) is 0.859. The van der Waals surface area contributed by atoms with Crippen molar-refractivity contribution in [2.24, 2.45) is 0 Å². The summed E-state index contributed by atoms with van der Waals surface area (Å²) >= 11 is 3.29. The zero-order valence-corrected chi connectivity index (χ0v) is 14.0. The first kappa shape index (κ1) is 16.6. The SMILES string of the molecule is CCC(C)(C(Cc1ccc(Br)cc1F)NC)N(C)C. The number of halogens is 2. The van der Waals surface area contributed by atoms with Gasteiger partial charge in [0.2, 0.25) is 0 Å². The molecule has 0 aromatic heterocycles. The third-order valence-electron chi connectivity index (χ3n) is 4.28. The second kappa shape index (κ2) is 6.82. The van der Waals surface area contributed by atoms with Crippen molar-refractivity contribution >= 4 is 15.9 Å². The van der Waals surface area contributed by atoms with Crippen LogP contribution >= 0.6 is 15.9 Å². The predicted octanol–water partition coefficient (Wildman–Crippen LogP) is 3.45. The van der Waals surface area contributed by atoms with Crippen LogP contribution < -0.4 is 5.32 Å². The topological polar surface area (TPSA) is 15.3 Å². The van der Waals surface area contributed by atoms with E-state index in [0.717, 1.165) is 16.5 Å². The summed E-state index contributed by atoms with van der Waals surface area (Å²) in [5.41, 5.74) is 0.748. The van der Waals surface area contributed by atoms with Gasteiger partial charge in [0.25, 0.3) is 0 Å². The minimum absolute atomic E-state index is 0.00569. The molecule has 4 heteroatoms. The fourth-order valence-electron chi connectivity index (χ4n) is 2.41. The smallest absolute Gasteiger partial charge is 0.127 e. The molecular weight excluding hydrogens is 307 g/mol. The first-order valence-electron chi connectivity index (χ1n) is 6.63. The van der Waals surface area contributed by atoms with Crippen molar-refractivity contribution in [3.8, 4) is 0 Å². The average Bonchev–Trinajstić information content (AvgIpc) is 2.36. The van der Waals surface area contributed by atoms with E-state index in [1.807, 2.05) is 19.2 Å². The van der Waals surface area contributed by atoms with E-state index in [2.05, 4.69) is 54.1 Å². The van der Waals surface area contributed by atoms with Crippen LogP contribution in [0.2, 0.25) is 0 Å². The van der Waals surface area contributed by atoms with Crippen molar-refractivity contribution in [2.75, 3.05) is 21.1 Å². The molecule has 0 amide bonds. The molecule has 0 heterocycles. The molecule has 0 saturated heterocycles. The third-order valence-corrected chi connectivity index (χ3v) is 4.77. The molecule has 108 valence electrons. The van der Waals surface area contributed by atoms with Crippen LogP contribution in [0, 0.1) is 5.82 Å². The second-order valence-corrected chi connectivity index (χ2v) is 6.30. The molecule has 1 aromatic rings. The van der Waals surface area contributed by atoms with Gasteiger partial charge in [-0.15, -0.1) is 0 Å². The number of likely N-dealkylation sites (N-methyl/N-ethyl adjacent to an activating group) is 2. The highest BCUT2D eigenvalue weighted by molar-refractivity contribution is 9.10. The molecule has 0 radical (unpaired) electrons. The minimum atomic E-state index is -0.146. The highest BCUT2D eigenvalue weighted by atomic mass is 79.9. The molecule has 2 nitrogen and oxygen atoms in total. The fourth-order valence-corrected chi connectivity index (χ4v) is 2.75. The van der Waals surface area contributed by atoms with Gasteiger partial charge in [0.05, 0.1) is 0 Å². The highest BCUT2D eigenvalue weighted by Gasteiger charge is 2.34. The summed E-state index contributed by atoms with van der Waals surface area (Å²) in [7, 11) is 6.09. The van der Waals surface area contributed by atoms with Gasteiger partial charge in [-0.1, -0.05) is 28.9 Å². The largest absolute Gasteiger partial charge is 0.315 e. The van der Waals surface area contributed by atoms with Gasteiger partial charge in [0.15, 0.2) is 0 Å². The van der Waals surface area contributed by atoms with Crippen LogP contribution in [-0.2, 0) is 6.42 Å². The van der Waals surface area contributed by atoms with E-state index in [0.29, 0.717) is 6.42 Å². The lowest BCUT2D eigenvalue weighted by Crippen LogP contribution is -2.57. The molecule has 2 atom stereocenters. The van der Waals surface area contributed by atoms with Gasteiger partial charge < -0.3 is 10.2 Å². The summed E-state index contributed by atoms with van der Waals surface area (Å²) in [6.45, 7) is 4.38. The summed E-state index contributed by atoms with van der Waals surface area (Å²) in [4.78, 5) is 2.21. The average molecular weight is 331 g/mol. The second-order valence-electron chi connectivity index (χ2n) is 5.39. The zero-order valence-electron chi connectivity index (χ0n) is 12.4. The van der Waals surface area contributed by atoms with E-state index in [1.54, 1.807) is 0 Å². The number of nitrogens with zero attached hydrogens (tertiary/aromatic N) is 1. The normalized spacial score (nSPS) is 16.4. The van der Waals surface area contributed by atoms with Gasteiger partial charge in [-0.2, -0.15) is 0 Å².